The van der Waals surface area contributed by atoms with Crippen LogP contribution in [0.4, 0.5) is 5.82 Å². The Kier molecular flexibility index (Phi) is 4.10. The van der Waals surface area contributed by atoms with Gasteiger partial charge in [0, 0.05) is 18.8 Å². The van der Waals surface area contributed by atoms with Crippen molar-refractivity contribution in [1.82, 2.24) is 9.29 Å². The van der Waals surface area contributed by atoms with Gasteiger partial charge in [0.25, 0.3) is 0 Å². The van der Waals surface area contributed by atoms with Gasteiger partial charge in [0.15, 0.2) is 0 Å². The number of rotatable bonds is 5. The first-order chi connectivity index (χ1) is 8.91. The molecule has 1 aliphatic rings. The SMILES string of the molecule is CC(C)N(CC1CCC1)S(=O)(=O)c1ccc(N)nc1. The molecule has 0 saturated heterocycles. The van der Waals surface area contributed by atoms with Crippen LogP contribution in [0.5, 0.6) is 0 Å². The molecular weight excluding hydrogens is 262 g/mol. The summed E-state index contributed by atoms with van der Waals surface area (Å²) < 4.78 is 26.8. The van der Waals surface area contributed by atoms with Gasteiger partial charge < -0.3 is 5.73 Å². The Balaban J connectivity index is 2.25. The minimum Gasteiger partial charge on any atom is -0.384 e. The van der Waals surface area contributed by atoms with Crippen LogP contribution >= 0.6 is 0 Å². The molecule has 0 radical (unpaired) electrons. The topological polar surface area (TPSA) is 76.3 Å². The molecule has 0 unspecified atom stereocenters. The number of hydrogen-bond donors (Lipinski definition) is 1. The summed E-state index contributed by atoms with van der Waals surface area (Å²) in [4.78, 5) is 4.09. The first-order valence-electron chi connectivity index (χ1n) is 6.64. The van der Waals surface area contributed by atoms with E-state index in [0.29, 0.717) is 18.3 Å². The van der Waals surface area contributed by atoms with Gasteiger partial charge in [-0.25, -0.2) is 13.4 Å². The monoisotopic (exact) mass is 283 g/mol. The summed E-state index contributed by atoms with van der Waals surface area (Å²) >= 11 is 0. The molecule has 1 aromatic rings. The van der Waals surface area contributed by atoms with Crippen molar-refractivity contribution >= 4 is 15.8 Å². The van der Waals surface area contributed by atoms with Crippen molar-refractivity contribution in [1.29, 1.82) is 0 Å². The summed E-state index contributed by atoms with van der Waals surface area (Å²) in [7, 11) is -3.47. The van der Waals surface area contributed by atoms with E-state index in [1.54, 1.807) is 4.31 Å². The fraction of sp³-hybridized carbons (Fsp3) is 0.615. The zero-order valence-electron chi connectivity index (χ0n) is 11.4. The van der Waals surface area contributed by atoms with Crippen LogP contribution < -0.4 is 5.73 Å². The Morgan fingerprint density at radius 2 is 2.11 bits per heavy atom. The van der Waals surface area contributed by atoms with Gasteiger partial charge in [-0.15, -0.1) is 0 Å². The molecule has 1 fully saturated rings. The molecule has 2 rings (SSSR count). The van der Waals surface area contributed by atoms with Gasteiger partial charge in [-0.1, -0.05) is 6.42 Å². The first kappa shape index (κ1) is 14.3. The predicted molar refractivity (Wildman–Crippen MR) is 75.0 cm³/mol. The van der Waals surface area contributed by atoms with Crippen LogP contribution in [0.3, 0.4) is 0 Å². The van der Waals surface area contributed by atoms with E-state index in [-0.39, 0.29) is 10.9 Å². The second kappa shape index (κ2) is 5.46. The highest BCUT2D eigenvalue weighted by Crippen LogP contribution is 2.30. The maximum atomic E-state index is 12.6. The summed E-state index contributed by atoms with van der Waals surface area (Å²) in [5.74, 6) is 0.827. The lowest BCUT2D eigenvalue weighted by Gasteiger charge is -2.33. The second-order valence-corrected chi connectivity index (χ2v) is 7.27. The molecule has 1 aliphatic carbocycles. The maximum absolute atomic E-state index is 12.6. The third kappa shape index (κ3) is 3.06. The van der Waals surface area contributed by atoms with Crippen LogP contribution in [0.1, 0.15) is 33.1 Å². The number of nitrogens with two attached hydrogens (primary N) is 1. The Morgan fingerprint density at radius 3 is 2.53 bits per heavy atom. The van der Waals surface area contributed by atoms with Crippen molar-refractivity contribution in [3.8, 4) is 0 Å². The van der Waals surface area contributed by atoms with Crippen molar-refractivity contribution in [2.75, 3.05) is 12.3 Å². The van der Waals surface area contributed by atoms with Gasteiger partial charge >= 0.3 is 0 Å². The lowest BCUT2D eigenvalue weighted by Crippen LogP contribution is -2.41. The van der Waals surface area contributed by atoms with E-state index in [0.717, 1.165) is 12.8 Å². The molecule has 0 atom stereocenters. The minimum absolute atomic E-state index is 0.0526. The van der Waals surface area contributed by atoms with Crippen LogP contribution in [-0.4, -0.2) is 30.3 Å². The highest BCUT2D eigenvalue weighted by molar-refractivity contribution is 7.89. The van der Waals surface area contributed by atoms with Crippen molar-refractivity contribution < 1.29 is 8.42 Å². The number of pyridine rings is 1. The highest BCUT2D eigenvalue weighted by atomic mass is 32.2. The van der Waals surface area contributed by atoms with Crippen molar-refractivity contribution in [2.45, 2.75) is 44.0 Å². The van der Waals surface area contributed by atoms with Crippen molar-refractivity contribution in [3.05, 3.63) is 18.3 Å². The Morgan fingerprint density at radius 1 is 1.42 bits per heavy atom. The van der Waals surface area contributed by atoms with E-state index in [1.165, 1.54) is 24.8 Å². The van der Waals surface area contributed by atoms with Gasteiger partial charge in [-0.2, -0.15) is 4.31 Å². The first-order valence-corrected chi connectivity index (χ1v) is 8.08. The summed E-state index contributed by atoms with van der Waals surface area (Å²) in [5.41, 5.74) is 5.50. The van der Waals surface area contributed by atoms with Gasteiger partial charge in [-0.05, 0) is 44.7 Å². The smallest absolute Gasteiger partial charge is 0.244 e. The summed E-state index contributed by atoms with van der Waals surface area (Å²) in [6.07, 6.45) is 4.79. The molecule has 0 amide bonds. The molecule has 0 spiro atoms. The maximum Gasteiger partial charge on any atom is 0.244 e. The zero-order valence-corrected chi connectivity index (χ0v) is 12.2. The van der Waals surface area contributed by atoms with E-state index in [2.05, 4.69) is 4.98 Å². The lowest BCUT2D eigenvalue weighted by molar-refractivity contribution is 0.224. The fourth-order valence-corrected chi connectivity index (χ4v) is 3.85. The summed E-state index contributed by atoms with van der Waals surface area (Å²) in [5, 5.41) is 0. The van der Waals surface area contributed by atoms with E-state index in [1.807, 2.05) is 13.8 Å². The second-order valence-electron chi connectivity index (χ2n) is 5.38. The van der Waals surface area contributed by atoms with Gasteiger partial charge in [0.1, 0.15) is 10.7 Å². The van der Waals surface area contributed by atoms with Crippen LogP contribution in [0.15, 0.2) is 23.2 Å². The number of hydrogen-bond acceptors (Lipinski definition) is 4. The molecule has 106 valence electrons. The Bertz CT molecular complexity index is 521. The van der Waals surface area contributed by atoms with Gasteiger partial charge in [0.05, 0.1) is 0 Å². The number of anilines is 1. The molecule has 0 aliphatic heterocycles. The van der Waals surface area contributed by atoms with E-state index in [4.69, 9.17) is 5.73 Å². The molecule has 1 heterocycles. The average molecular weight is 283 g/mol. The van der Waals surface area contributed by atoms with E-state index in [9.17, 15) is 8.42 Å². The highest BCUT2D eigenvalue weighted by Gasteiger charge is 2.31. The zero-order chi connectivity index (χ0) is 14.0. The minimum atomic E-state index is -3.47. The van der Waals surface area contributed by atoms with E-state index < -0.39 is 10.0 Å². The number of aromatic nitrogens is 1. The number of nitrogen functional groups attached to an aromatic ring is 1. The Labute approximate surface area is 114 Å². The third-order valence-corrected chi connectivity index (χ3v) is 5.63. The quantitative estimate of drug-likeness (QED) is 0.895. The molecule has 19 heavy (non-hydrogen) atoms. The molecule has 6 heteroatoms. The third-order valence-electron chi connectivity index (χ3n) is 3.60. The molecule has 1 saturated carbocycles. The fourth-order valence-electron chi connectivity index (χ4n) is 2.20. The summed E-state index contributed by atoms with van der Waals surface area (Å²) in [6, 6.07) is 2.99. The van der Waals surface area contributed by atoms with E-state index >= 15 is 0 Å². The number of sulfonamides is 1. The normalized spacial score (nSPS) is 16.8. The Hall–Kier alpha value is -1.14. The molecule has 0 bridgehead atoms. The molecule has 5 nitrogen and oxygen atoms in total. The van der Waals surface area contributed by atoms with Gasteiger partial charge in [0.2, 0.25) is 10.0 Å². The van der Waals surface area contributed by atoms with Crippen LogP contribution in [0.25, 0.3) is 0 Å². The van der Waals surface area contributed by atoms with Gasteiger partial charge in [-0.3, -0.25) is 0 Å². The standard InChI is InChI=1S/C13H21N3O2S/c1-10(2)16(9-11-4-3-5-11)19(17,18)12-6-7-13(14)15-8-12/h6-8,10-11H,3-5,9H2,1-2H3,(H2,14,15). The predicted octanol–water partition coefficient (Wildman–Crippen LogP) is 1.86. The molecule has 1 aromatic heterocycles. The molecule has 2 N–H and O–H groups in total. The van der Waals surface area contributed by atoms with Crippen LogP contribution in [-0.2, 0) is 10.0 Å². The molecule has 0 aromatic carbocycles. The average Bonchev–Trinajstić information content (AvgIpc) is 2.26. The largest absolute Gasteiger partial charge is 0.384 e. The molecular formula is C13H21N3O2S. The number of nitrogens with zero attached hydrogens (tertiary/aromatic N) is 2. The van der Waals surface area contributed by atoms with Crippen LogP contribution in [0, 0.1) is 5.92 Å². The van der Waals surface area contributed by atoms with Crippen LogP contribution in [0.2, 0.25) is 0 Å². The van der Waals surface area contributed by atoms with Crippen molar-refractivity contribution in [3.63, 3.8) is 0 Å². The summed E-state index contributed by atoms with van der Waals surface area (Å²) in [6.45, 7) is 4.41. The lowest BCUT2D eigenvalue weighted by atomic mass is 9.85. The van der Waals surface area contributed by atoms with Crippen molar-refractivity contribution in [2.24, 2.45) is 5.92 Å².